The highest BCUT2D eigenvalue weighted by Gasteiger charge is 2.31. The molecule has 0 saturated carbocycles. The van der Waals surface area contributed by atoms with Crippen molar-refractivity contribution in [2.24, 2.45) is 11.5 Å². The summed E-state index contributed by atoms with van der Waals surface area (Å²) in [5.41, 5.74) is 10.9. The van der Waals surface area contributed by atoms with E-state index in [1.807, 2.05) is 0 Å². The summed E-state index contributed by atoms with van der Waals surface area (Å²) in [5, 5.41) is 42.5. The Labute approximate surface area is 205 Å². The summed E-state index contributed by atoms with van der Waals surface area (Å²) in [6.45, 7) is 0.293. The minimum absolute atomic E-state index is 0.00244. The van der Waals surface area contributed by atoms with Crippen molar-refractivity contribution in [3.05, 3.63) is 0 Å². The summed E-state index contributed by atoms with van der Waals surface area (Å²) >= 11 is 0. The molecule has 11 N–H and O–H groups in total. The number of carboxylic acid groups (broad SMARTS) is 4. The van der Waals surface area contributed by atoms with Crippen LogP contribution in [0.3, 0.4) is 0 Å². The van der Waals surface area contributed by atoms with Gasteiger partial charge in [-0.3, -0.25) is 28.8 Å². The molecule has 16 nitrogen and oxygen atoms in total. The SMILES string of the molecule is NCCCCC(NC(=O)C(CC(=O)O)NC(=O)C(CCC(=O)O)NC(=O)C(N)CCC(=O)O)C(=O)O. The minimum Gasteiger partial charge on any atom is -0.481 e. The van der Waals surface area contributed by atoms with Crippen LogP contribution in [0.2, 0.25) is 0 Å². The predicted molar refractivity (Wildman–Crippen MR) is 120 cm³/mol. The van der Waals surface area contributed by atoms with Gasteiger partial charge in [0.25, 0.3) is 0 Å². The number of carbonyl (C=O) groups excluding carboxylic acids is 3. The van der Waals surface area contributed by atoms with Crippen molar-refractivity contribution in [2.75, 3.05) is 6.54 Å². The van der Waals surface area contributed by atoms with Gasteiger partial charge >= 0.3 is 23.9 Å². The first-order valence-electron chi connectivity index (χ1n) is 11.0. The molecular weight excluding hydrogens is 486 g/mol. The number of amides is 3. The van der Waals surface area contributed by atoms with Crippen LogP contribution in [0, 0.1) is 0 Å². The largest absolute Gasteiger partial charge is 0.481 e. The highest BCUT2D eigenvalue weighted by Crippen LogP contribution is 2.06. The van der Waals surface area contributed by atoms with Crippen LogP contribution in [-0.4, -0.2) is 92.7 Å². The maximum absolute atomic E-state index is 12.8. The lowest BCUT2D eigenvalue weighted by molar-refractivity contribution is -0.144. The Morgan fingerprint density at radius 3 is 1.61 bits per heavy atom. The van der Waals surface area contributed by atoms with Crippen molar-refractivity contribution in [3.63, 3.8) is 0 Å². The first-order valence-corrected chi connectivity index (χ1v) is 11.0. The summed E-state index contributed by atoms with van der Waals surface area (Å²) in [6.07, 6.45) is -1.89. The Morgan fingerprint density at radius 1 is 0.611 bits per heavy atom. The zero-order chi connectivity index (χ0) is 27.8. The predicted octanol–water partition coefficient (Wildman–Crippen LogP) is -2.81. The minimum atomic E-state index is -1.75. The molecule has 0 radical (unpaired) electrons. The van der Waals surface area contributed by atoms with E-state index in [9.17, 15) is 38.7 Å². The summed E-state index contributed by atoms with van der Waals surface area (Å²) < 4.78 is 0. The number of nitrogens with one attached hydrogen (secondary N) is 3. The molecule has 0 aromatic rings. The monoisotopic (exact) mass is 519 g/mol. The number of carbonyl (C=O) groups is 7. The summed E-state index contributed by atoms with van der Waals surface area (Å²) in [7, 11) is 0. The second-order valence-corrected chi connectivity index (χ2v) is 7.88. The van der Waals surface area contributed by atoms with Crippen molar-refractivity contribution in [1.82, 2.24) is 16.0 Å². The van der Waals surface area contributed by atoms with Crippen molar-refractivity contribution in [3.8, 4) is 0 Å². The molecule has 0 saturated heterocycles. The first kappa shape index (κ1) is 32.2. The molecule has 0 bridgehead atoms. The summed E-state index contributed by atoms with van der Waals surface area (Å²) in [6, 6.07) is -6.04. The quantitative estimate of drug-likeness (QED) is 0.0779. The van der Waals surface area contributed by atoms with Crippen molar-refractivity contribution >= 4 is 41.6 Å². The van der Waals surface area contributed by atoms with Crippen LogP contribution in [0.25, 0.3) is 0 Å². The van der Waals surface area contributed by atoms with Crippen LogP contribution < -0.4 is 27.4 Å². The average Bonchev–Trinajstić information content (AvgIpc) is 2.78. The normalized spacial score (nSPS) is 13.9. The lowest BCUT2D eigenvalue weighted by Gasteiger charge is -2.24. The second-order valence-electron chi connectivity index (χ2n) is 7.88. The molecule has 3 amide bonds. The highest BCUT2D eigenvalue weighted by molar-refractivity contribution is 5.95. The van der Waals surface area contributed by atoms with Gasteiger partial charge in [0, 0.05) is 12.8 Å². The van der Waals surface area contributed by atoms with E-state index < -0.39 is 91.4 Å². The van der Waals surface area contributed by atoms with Crippen LogP contribution in [0.4, 0.5) is 0 Å². The van der Waals surface area contributed by atoms with E-state index in [0.717, 1.165) is 0 Å². The smallest absolute Gasteiger partial charge is 0.326 e. The molecule has 0 aromatic carbocycles. The highest BCUT2D eigenvalue weighted by atomic mass is 16.4. The third kappa shape index (κ3) is 13.8. The molecule has 0 aromatic heterocycles. The standard InChI is InChI=1S/C20H33N5O11/c21-8-2-1-3-12(20(35)36)24-19(34)13(9-16(30)31)25-18(33)11(5-7-15(28)29)23-17(32)10(22)4-6-14(26)27/h10-13H,1-9,21-22H2,(H,23,32)(H,24,34)(H,25,33)(H,26,27)(H,28,29)(H,30,31)(H,35,36). The lowest BCUT2D eigenvalue weighted by atomic mass is 10.1. The Morgan fingerprint density at radius 2 is 1.11 bits per heavy atom. The molecule has 36 heavy (non-hydrogen) atoms. The zero-order valence-corrected chi connectivity index (χ0v) is 19.5. The van der Waals surface area contributed by atoms with Crippen LogP contribution >= 0.6 is 0 Å². The number of rotatable bonds is 19. The van der Waals surface area contributed by atoms with Crippen molar-refractivity contribution in [1.29, 1.82) is 0 Å². The zero-order valence-electron chi connectivity index (χ0n) is 19.5. The molecule has 0 aliphatic heterocycles. The van der Waals surface area contributed by atoms with Gasteiger partial charge < -0.3 is 47.8 Å². The number of aliphatic carboxylic acids is 4. The van der Waals surface area contributed by atoms with Gasteiger partial charge in [-0.25, -0.2) is 4.79 Å². The van der Waals surface area contributed by atoms with Crippen LogP contribution in [0.5, 0.6) is 0 Å². The van der Waals surface area contributed by atoms with Gasteiger partial charge in [-0.15, -0.1) is 0 Å². The van der Waals surface area contributed by atoms with E-state index in [1.54, 1.807) is 0 Å². The molecule has 0 rings (SSSR count). The Kier molecular flexibility index (Phi) is 15.0. The van der Waals surface area contributed by atoms with Gasteiger partial charge in [-0.2, -0.15) is 0 Å². The van der Waals surface area contributed by atoms with E-state index in [4.69, 9.17) is 26.8 Å². The van der Waals surface area contributed by atoms with Crippen LogP contribution in [-0.2, 0) is 33.6 Å². The van der Waals surface area contributed by atoms with Gasteiger partial charge in [0.15, 0.2) is 0 Å². The van der Waals surface area contributed by atoms with Gasteiger partial charge in [-0.05, 0) is 38.6 Å². The third-order valence-electron chi connectivity index (χ3n) is 4.86. The third-order valence-corrected chi connectivity index (χ3v) is 4.86. The van der Waals surface area contributed by atoms with E-state index in [0.29, 0.717) is 19.4 Å². The maximum atomic E-state index is 12.8. The molecule has 0 fully saturated rings. The molecule has 204 valence electrons. The van der Waals surface area contributed by atoms with E-state index in [-0.39, 0.29) is 12.8 Å². The maximum Gasteiger partial charge on any atom is 0.326 e. The van der Waals surface area contributed by atoms with E-state index >= 15 is 0 Å². The molecule has 0 heterocycles. The molecule has 4 unspecified atom stereocenters. The average molecular weight is 520 g/mol. The molecule has 4 atom stereocenters. The Balaban J connectivity index is 5.53. The lowest BCUT2D eigenvalue weighted by Crippen LogP contribution is -2.57. The molecule has 0 aliphatic carbocycles. The fourth-order valence-electron chi connectivity index (χ4n) is 2.90. The summed E-state index contributed by atoms with van der Waals surface area (Å²) in [4.78, 5) is 81.9. The van der Waals surface area contributed by atoms with E-state index in [1.165, 1.54) is 0 Å². The van der Waals surface area contributed by atoms with Gasteiger partial charge in [0.05, 0.1) is 12.5 Å². The van der Waals surface area contributed by atoms with Gasteiger partial charge in [0.1, 0.15) is 18.1 Å². The van der Waals surface area contributed by atoms with Gasteiger partial charge in [0.2, 0.25) is 17.7 Å². The van der Waals surface area contributed by atoms with Crippen LogP contribution in [0.15, 0.2) is 0 Å². The number of unbranched alkanes of at least 4 members (excludes halogenated alkanes) is 1. The molecule has 0 spiro atoms. The van der Waals surface area contributed by atoms with E-state index in [2.05, 4.69) is 16.0 Å². The fourth-order valence-corrected chi connectivity index (χ4v) is 2.90. The number of hydrogen-bond donors (Lipinski definition) is 9. The second kappa shape index (κ2) is 16.8. The van der Waals surface area contributed by atoms with Gasteiger partial charge in [-0.1, -0.05) is 0 Å². The molecule has 16 heteroatoms. The molecular formula is C20H33N5O11. The Hall–Kier alpha value is -3.79. The fraction of sp³-hybridized carbons (Fsp3) is 0.650. The number of hydrogen-bond acceptors (Lipinski definition) is 9. The topological polar surface area (TPSA) is 289 Å². The summed E-state index contributed by atoms with van der Waals surface area (Å²) in [5.74, 6) is -8.64. The number of carboxylic acids is 4. The van der Waals surface area contributed by atoms with Crippen molar-refractivity contribution < 1.29 is 54.0 Å². The first-order chi connectivity index (χ1) is 16.8. The Bertz CT molecular complexity index is 820. The van der Waals surface area contributed by atoms with Crippen molar-refractivity contribution in [2.45, 2.75) is 75.5 Å². The number of nitrogens with two attached hydrogens (primary N) is 2. The molecule has 0 aliphatic rings. The van der Waals surface area contributed by atoms with Crippen LogP contribution in [0.1, 0.15) is 51.4 Å².